The van der Waals surface area contributed by atoms with Gasteiger partial charge < -0.3 is 14.9 Å². The van der Waals surface area contributed by atoms with Crippen molar-refractivity contribution in [2.24, 2.45) is 0 Å². The van der Waals surface area contributed by atoms with Crippen LogP contribution in [0.4, 0.5) is 0 Å². The number of carboxylic acid groups (broad SMARTS) is 1. The first-order valence-electron chi connectivity index (χ1n) is 5.27. The Balaban J connectivity index is 2.26. The van der Waals surface area contributed by atoms with E-state index in [4.69, 9.17) is 9.84 Å². The van der Waals surface area contributed by atoms with Crippen molar-refractivity contribution in [2.45, 2.75) is 6.10 Å². The first kappa shape index (κ1) is 12.6. The number of rotatable bonds is 4. The SMILES string of the molecule is COc1ccc(-c2ccc(C(O)C(=O)O)s2)cc1. The number of thiophene rings is 1. The standard InChI is InChI=1S/C13H12O4S/c1-17-9-4-2-8(3-5-9)10-6-7-11(18-10)12(14)13(15)16/h2-7,12,14H,1H3,(H,15,16). The van der Waals surface area contributed by atoms with Gasteiger partial charge in [-0.3, -0.25) is 0 Å². The van der Waals surface area contributed by atoms with Crippen molar-refractivity contribution in [2.75, 3.05) is 7.11 Å². The van der Waals surface area contributed by atoms with Gasteiger partial charge in [0.25, 0.3) is 0 Å². The first-order chi connectivity index (χ1) is 8.61. The Labute approximate surface area is 108 Å². The maximum Gasteiger partial charge on any atom is 0.338 e. The summed E-state index contributed by atoms with van der Waals surface area (Å²) in [7, 11) is 1.60. The van der Waals surface area contributed by atoms with Crippen LogP contribution in [0.2, 0.25) is 0 Å². The van der Waals surface area contributed by atoms with Crippen LogP contribution in [-0.2, 0) is 4.79 Å². The third-order valence-corrected chi connectivity index (χ3v) is 3.69. The minimum absolute atomic E-state index is 0.424. The van der Waals surface area contributed by atoms with Crippen LogP contribution in [0.1, 0.15) is 11.0 Å². The molecule has 0 bridgehead atoms. The van der Waals surface area contributed by atoms with Crippen LogP contribution in [0.3, 0.4) is 0 Å². The van der Waals surface area contributed by atoms with Crippen molar-refractivity contribution in [1.82, 2.24) is 0 Å². The molecule has 1 aromatic heterocycles. The van der Waals surface area contributed by atoms with Gasteiger partial charge >= 0.3 is 5.97 Å². The monoisotopic (exact) mass is 264 g/mol. The molecule has 94 valence electrons. The van der Waals surface area contributed by atoms with Crippen LogP contribution in [0.5, 0.6) is 5.75 Å². The van der Waals surface area contributed by atoms with Gasteiger partial charge in [-0.2, -0.15) is 0 Å². The Morgan fingerprint density at radius 3 is 2.44 bits per heavy atom. The highest BCUT2D eigenvalue weighted by Gasteiger charge is 2.18. The van der Waals surface area contributed by atoms with E-state index in [9.17, 15) is 9.90 Å². The number of benzene rings is 1. The number of hydrogen-bond donors (Lipinski definition) is 2. The summed E-state index contributed by atoms with van der Waals surface area (Å²) in [6.45, 7) is 0. The third kappa shape index (κ3) is 2.52. The second-order valence-corrected chi connectivity index (χ2v) is 4.79. The molecule has 2 rings (SSSR count). The maximum atomic E-state index is 10.7. The fourth-order valence-corrected chi connectivity index (χ4v) is 2.52. The van der Waals surface area contributed by atoms with Gasteiger partial charge in [-0.05, 0) is 42.0 Å². The second-order valence-electron chi connectivity index (χ2n) is 3.67. The highest BCUT2D eigenvalue weighted by atomic mass is 32.1. The normalized spacial score (nSPS) is 12.1. The van der Waals surface area contributed by atoms with E-state index in [1.807, 2.05) is 24.3 Å². The molecule has 4 nitrogen and oxygen atoms in total. The molecule has 5 heteroatoms. The molecule has 1 heterocycles. The Bertz CT molecular complexity index is 544. The zero-order valence-corrected chi connectivity index (χ0v) is 10.5. The lowest BCUT2D eigenvalue weighted by Gasteiger charge is -2.02. The lowest BCUT2D eigenvalue weighted by atomic mass is 10.2. The molecule has 0 spiro atoms. The number of aliphatic carboxylic acids is 1. The average molecular weight is 264 g/mol. The summed E-state index contributed by atoms with van der Waals surface area (Å²) in [5, 5.41) is 18.2. The van der Waals surface area contributed by atoms with E-state index in [-0.39, 0.29) is 0 Å². The van der Waals surface area contributed by atoms with Crippen LogP contribution in [0.25, 0.3) is 10.4 Å². The van der Waals surface area contributed by atoms with Crippen molar-refractivity contribution < 1.29 is 19.7 Å². The van der Waals surface area contributed by atoms with E-state index in [1.165, 1.54) is 11.3 Å². The Hall–Kier alpha value is -1.85. The zero-order chi connectivity index (χ0) is 13.1. The highest BCUT2D eigenvalue weighted by Crippen LogP contribution is 2.32. The molecule has 2 aromatic rings. The van der Waals surface area contributed by atoms with Crippen molar-refractivity contribution in [3.8, 4) is 16.2 Å². The third-order valence-electron chi connectivity index (χ3n) is 2.50. The molecule has 18 heavy (non-hydrogen) atoms. The molecule has 0 saturated carbocycles. The quantitative estimate of drug-likeness (QED) is 0.890. The number of carbonyl (C=O) groups is 1. The molecular formula is C13H12O4S. The first-order valence-corrected chi connectivity index (χ1v) is 6.08. The minimum atomic E-state index is -1.46. The van der Waals surface area contributed by atoms with Crippen LogP contribution < -0.4 is 4.74 Å². The largest absolute Gasteiger partial charge is 0.497 e. The molecule has 0 aliphatic rings. The molecule has 0 saturated heterocycles. The fraction of sp³-hybridized carbons (Fsp3) is 0.154. The number of ether oxygens (including phenoxy) is 1. The predicted molar refractivity (Wildman–Crippen MR) is 68.9 cm³/mol. The van der Waals surface area contributed by atoms with Gasteiger partial charge in [-0.15, -0.1) is 11.3 Å². The molecule has 1 unspecified atom stereocenters. The van der Waals surface area contributed by atoms with Gasteiger partial charge in [-0.25, -0.2) is 4.79 Å². The lowest BCUT2D eigenvalue weighted by Crippen LogP contribution is -2.08. The van der Waals surface area contributed by atoms with Crippen LogP contribution in [0.15, 0.2) is 36.4 Å². The molecule has 2 N–H and O–H groups in total. The lowest BCUT2D eigenvalue weighted by molar-refractivity contribution is -0.146. The summed E-state index contributed by atoms with van der Waals surface area (Å²) < 4.78 is 5.07. The number of carboxylic acids is 1. The smallest absolute Gasteiger partial charge is 0.338 e. The molecule has 0 radical (unpaired) electrons. The molecule has 0 fully saturated rings. The van der Waals surface area contributed by atoms with Crippen molar-refractivity contribution in [3.63, 3.8) is 0 Å². The van der Waals surface area contributed by atoms with Gasteiger partial charge in [0.2, 0.25) is 0 Å². The topological polar surface area (TPSA) is 66.8 Å². The van der Waals surface area contributed by atoms with E-state index in [0.717, 1.165) is 16.2 Å². The van der Waals surface area contributed by atoms with E-state index in [1.54, 1.807) is 19.2 Å². The number of aliphatic hydroxyl groups is 1. The Morgan fingerprint density at radius 1 is 1.22 bits per heavy atom. The molecular weight excluding hydrogens is 252 g/mol. The summed E-state index contributed by atoms with van der Waals surface area (Å²) >= 11 is 1.26. The zero-order valence-electron chi connectivity index (χ0n) is 9.66. The highest BCUT2D eigenvalue weighted by molar-refractivity contribution is 7.15. The summed E-state index contributed by atoms with van der Waals surface area (Å²) in [5.74, 6) is -0.473. The molecule has 1 aromatic carbocycles. The summed E-state index contributed by atoms with van der Waals surface area (Å²) in [5.41, 5.74) is 0.963. The van der Waals surface area contributed by atoms with Crippen molar-refractivity contribution in [3.05, 3.63) is 41.3 Å². The second kappa shape index (κ2) is 5.20. The number of hydrogen-bond acceptors (Lipinski definition) is 4. The van der Waals surface area contributed by atoms with Gasteiger partial charge in [0.05, 0.1) is 7.11 Å². The van der Waals surface area contributed by atoms with Crippen LogP contribution in [-0.4, -0.2) is 23.3 Å². The molecule has 0 aliphatic carbocycles. The maximum absolute atomic E-state index is 10.7. The van der Waals surface area contributed by atoms with Gasteiger partial charge in [-0.1, -0.05) is 0 Å². The minimum Gasteiger partial charge on any atom is -0.497 e. The van der Waals surface area contributed by atoms with E-state index < -0.39 is 12.1 Å². The Morgan fingerprint density at radius 2 is 1.89 bits per heavy atom. The van der Waals surface area contributed by atoms with E-state index in [2.05, 4.69) is 0 Å². The molecule has 1 atom stereocenters. The summed E-state index contributed by atoms with van der Waals surface area (Å²) in [6.07, 6.45) is -1.46. The number of methoxy groups -OCH3 is 1. The summed E-state index contributed by atoms with van der Waals surface area (Å²) in [4.78, 5) is 12.0. The average Bonchev–Trinajstić information content (AvgIpc) is 2.87. The van der Waals surface area contributed by atoms with Gasteiger partial charge in [0.15, 0.2) is 6.10 Å². The van der Waals surface area contributed by atoms with Gasteiger partial charge in [0, 0.05) is 9.75 Å². The van der Waals surface area contributed by atoms with Crippen LogP contribution >= 0.6 is 11.3 Å². The molecule has 0 amide bonds. The fourth-order valence-electron chi connectivity index (χ4n) is 1.53. The van der Waals surface area contributed by atoms with E-state index >= 15 is 0 Å². The molecule has 0 aliphatic heterocycles. The number of aliphatic hydroxyl groups excluding tert-OH is 1. The summed E-state index contributed by atoms with van der Waals surface area (Å²) in [6, 6.07) is 10.9. The van der Waals surface area contributed by atoms with Crippen molar-refractivity contribution in [1.29, 1.82) is 0 Å². The van der Waals surface area contributed by atoms with Crippen molar-refractivity contribution >= 4 is 17.3 Å². The Kier molecular flexibility index (Phi) is 3.64. The van der Waals surface area contributed by atoms with Gasteiger partial charge in [0.1, 0.15) is 5.75 Å². The van der Waals surface area contributed by atoms with Crippen LogP contribution in [0, 0.1) is 0 Å². The predicted octanol–water partition coefficient (Wildman–Crippen LogP) is 2.54. The van der Waals surface area contributed by atoms with E-state index in [0.29, 0.717) is 4.88 Å².